The van der Waals surface area contributed by atoms with E-state index in [2.05, 4.69) is 20.1 Å². The number of benzene rings is 2. The van der Waals surface area contributed by atoms with Gasteiger partial charge in [0.15, 0.2) is 29.8 Å². The maximum absolute atomic E-state index is 13.2. The molecule has 2 aromatic carbocycles. The number of hydrogen-bond donors (Lipinski definition) is 2. The molecule has 0 radical (unpaired) electrons. The van der Waals surface area contributed by atoms with Crippen LogP contribution in [0.1, 0.15) is 5.56 Å². The predicted molar refractivity (Wildman–Crippen MR) is 122 cm³/mol. The Morgan fingerprint density at radius 1 is 0.889 bits per heavy atom. The van der Waals surface area contributed by atoms with Crippen molar-refractivity contribution in [1.29, 1.82) is 0 Å². The summed E-state index contributed by atoms with van der Waals surface area (Å²) < 4.78 is 108. The first-order valence-corrected chi connectivity index (χ1v) is 10.6. The summed E-state index contributed by atoms with van der Waals surface area (Å²) in [6, 6.07) is 8.41. The molecular weight excluding hydrogens is 521 g/mol. The molecule has 2 aromatic rings. The smallest absolute Gasteiger partial charge is 0.422 e. The first-order valence-electron chi connectivity index (χ1n) is 10.2. The lowest BCUT2D eigenvalue weighted by Crippen LogP contribution is -2.33. The molecule has 0 heterocycles. The maximum atomic E-state index is 13.2. The molecule has 0 aliphatic rings. The molecule has 0 bridgehead atoms. The van der Waals surface area contributed by atoms with Gasteiger partial charge in [-0.05, 0) is 36.3 Å². The second kappa shape index (κ2) is 12.7. The van der Waals surface area contributed by atoms with E-state index in [0.717, 1.165) is 23.8 Å². The first-order chi connectivity index (χ1) is 16.8. The minimum Gasteiger partial charge on any atom is -0.493 e. The van der Waals surface area contributed by atoms with Crippen LogP contribution in [0.5, 0.6) is 23.0 Å². The van der Waals surface area contributed by atoms with E-state index in [9.17, 15) is 30.7 Å². The third kappa shape index (κ3) is 9.47. The van der Waals surface area contributed by atoms with Crippen molar-refractivity contribution >= 4 is 23.0 Å². The minimum absolute atomic E-state index is 0.0219. The average molecular weight is 544 g/mol. The van der Waals surface area contributed by atoms with Gasteiger partial charge in [0.25, 0.3) is 0 Å². The standard InChI is InChI=1S/C22H23F7N2O4S/c1-32-17-4-3-13(7-18(17)33-2)5-6-30-20(36)31-14-8-15(34-11-21(25,26)19(23)24)10-16(9-14)35-12-22(27,28)29/h3-4,7-10,19H,5-6,11-12H2,1-2H3,(H2,30,31,36). The Bertz CT molecular complexity index is 1020. The van der Waals surface area contributed by atoms with Gasteiger partial charge in [0.2, 0.25) is 0 Å². The van der Waals surface area contributed by atoms with Crippen molar-refractivity contribution < 1.29 is 49.7 Å². The van der Waals surface area contributed by atoms with Crippen LogP contribution < -0.4 is 29.6 Å². The number of halogens is 7. The predicted octanol–water partition coefficient (Wildman–Crippen LogP) is 5.45. The van der Waals surface area contributed by atoms with Crippen LogP contribution >= 0.6 is 12.2 Å². The van der Waals surface area contributed by atoms with E-state index in [-0.39, 0.29) is 10.8 Å². The molecule has 0 saturated carbocycles. The molecule has 6 nitrogen and oxygen atoms in total. The van der Waals surface area contributed by atoms with Crippen LogP contribution in [0.4, 0.5) is 36.4 Å². The molecule has 36 heavy (non-hydrogen) atoms. The van der Waals surface area contributed by atoms with Crippen molar-refractivity contribution in [2.24, 2.45) is 0 Å². The number of ether oxygens (including phenoxy) is 4. The van der Waals surface area contributed by atoms with Gasteiger partial charge in [0, 0.05) is 30.4 Å². The van der Waals surface area contributed by atoms with Crippen LogP contribution in [-0.4, -0.2) is 57.6 Å². The number of hydrogen-bond acceptors (Lipinski definition) is 5. The second-order valence-corrected chi connectivity index (χ2v) is 7.68. The highest BCUT2D eigenvalue weighted by Gasteiger charge is 2.41. The van der Waals surface area contributed by atoms with E-state index in [1.54, 1.807) is 12.1 Å². The molecular formula is C22H23F7N2O4S. The van der Waals surface area contributed by atoms with Crippen molar-refractivity contribution in [2.45, 2.75) is 24.9 Å². The van der Waals surface area contributed by atoms with E-state index in [0.29, 0.717) is 24.5 Å². The SMILES string of the molecule is COc1ccc(CCNC(=S)Nc2cc(OCC(F)(F)F)cc(OCC(F)(F)C(F)F)c2)cc1OC. The number of anilines is 1. The number of methoxy groups -OCH3 is 2. The van der Waals surface area contributed by atoms with Crippen LogP contribution in [0, 0.1) is 0 Å². The lowest BCUT2D eigenvalue weighted by Gasteiger charge is -2.18. The molecule has 0 amide bonds. The molecule has 0 aromatic heterocycles. The van der Waals surface area contributed by atoms with E-state index in [1.807, 2.05) is 6.07 Å². The highest BCUT2D eigenvalue weighted by Crippen LogP contribution is 2.31. The Balaban J connectivity index is 2.05. The summed E-state index contributed by atoms with van der Waals surface area (Å²) in [7, 11) is 3.01. The van der Waals surface area contributed by atoms with Crippen LogP contribution in [0.15, 0.2) is 36.4 Å². The lowest BCUT2D eigenvalue weighted by atomic mass is 10.1. The Kier molecular flexibility index (Phi) is 10.3. The van der Waals surface area contributed by atoms with Gasteiger partial charge in [-0.25, -0.2) is 8.78 Å². The maximum Gasteiger partial charge on any atom is 0.422 e. The normalized spacial score (nSPS) is 11.7. The van der Waals surface area contributed by atoms with Gasteiger partial charge in [0.05, 0.1) is 14.2 Å². The summed E-state index contributed by atoms with van der Waals surface area (Å²) in [5.41, 5.74) is 0.912. The Hall–Kier alpha value is -3.16. The van der Waals surface area contributed by atoms with Crippen LogP contribution in [-0.2, 0) is 6.42 Å². The number of alkyl halides is 7. The van der Waals surface area contributed by atoms with Gasteiger partial charge >= 0.3 is 18.5 Å². The largest absolute Gasteiger partial charge is 0.493 e. The summed E-state index contributed by atoms with van der Waals surface area (Å²) in [6.07, 6.45) is -8.15. The molecule has 14 heteroatoms. The molecule has 0 unspecified atom stereocenters. The first kappa shape index (κ1) is 29.1. The number of rotatable bonds is 12. The van der Waals surface area contributed by atoms with Crippen LogP contribution in [0.2, 0.25) is 0 Å². The van der Waals surface area contributed by atoms with Crippen molar-refractivity contribution in [3.8, 4) is 23.0 Å². The van der Waals surface area contributed by atoms with E-state index >= 15 is 0 Å². The molecule has 200 valence electrons. The molecule has 0 aliphatic carbocycles. The highest BCUT2D eigenvalue weighted by atomic mass is 32.1. The number of thiocarbonyl (C=S) groups is 1. The van der Waals surface area contributed by atoms with Crippen LogP contribution in [0.3, 0.4) is 0 Å². The van der Waals surface area contributed by atoms with Gasteiger partial charge < -0.3 is 29.6 Å². The topological polar surface area (TPSA) is 61.0 Å². The number of nitrogens with one attached hydrogen (secondary N) is 2. The van der Waals surface area contributed by atoms with Crippen LogP contribution in [0.25, 0.3) is 0 Å². The van der Waals surface area contributed by atoms with Gasteiger partial charge in [-0.15, -0.1) is 0 Å². The van der Waals surface area contributed by atoms with Crippen molar-refractivity contribution in [3.63, 3.8) is 0 Å². The quantitative estimate of drug-likeness (QED) is 0.272. The molecule has 0 saturated heterocycles. The highest BCUT2D eigenvalue weighted by molar-refractivity contribution is 7.80. The molecule has 2 N–H and O–H groups in total. The Morgan fingerprint density at radius 3 is 2.06 bits per heavy atom. The monoisotopic (exact) mass is 544 g/mol. The van der Waals surface area contributed by atoms with Gasteiger partial charge in [-0.2, -0.15) is 22.0 Å². The average Bonchev–Trinajstić information content (AvgIpc) is 2.80. The lowest BCUT2D eigenvalue weighted by molar-refractivity contribution is -0.153. The Labute approximate surface area is 207 Å². The molecule has 0 aliphatic heterocycles. The molecule has 0 fully saturated rings. The molecule has 0 spiro atoms. The second-order valence-electron chi connectivity index (χ2n) is 7.27. The van der Waals surface area contributed by atoms with E-state index in [4.69, 9.17) is 21.7 Å². The van der Waals surface area contributed by atoms with E-state index in [1.165, 1.54) is 14.2 Å². The minimum atomic E-state index is -4.67. The third-order valence-electron chi connectivity index (χ3n) is 4.44. The fourth-order valence-corrected chi connectivity index (χ4v) is 2.97. The van der Waals surface area contributed by atoms with E-state index < -0.39 is 43.2 Å². The van der Waals surface area contributed by atoms with Crippen molar-refractivity contribution in [3.05, 3.63) is 42.0 Å². The zero-order valence-electron chi connectivity index (χ0n) is 19.1. The fraction of sp³-hybridized carbons (Fsp3) is 0.409. The van der Waals surface area contributed by atoms with Gasteiger partial charge in [-0.1, -0.05) is 6.07 Å². The summed E-state index contributed by atoms with van der Waals surface area (Å²) in [4.78, 5) is 0. The third-order valence-corrected chi connectivity index (χ3v) is 4.68. The summed E-state index contributed by atoms with van der Waals surface area (Å²) in [6.45, 7) is -3.02. The van der Waals surface area contributed by atoms with Gasteiger partial charge in [-0.3, -0.25) is 0 Å². The van der Waals surface area contributed by atoms with Gasteiger partial charge in [0.1, 0.15) is 11.5 Å². The van der Waals surface area contributed by atoms with Crippen molar-refractivity contribution in [1.82, 2.24) is 5.32 Å². The summed E-state index contributed by atoms with van der Waals surface area (Å²) in [5, 5.41) is 5.59. The van der Waals surface area contributed by atoms with Crippen molar-refractivity contribution in [2.75, 3.05) is 39.3 Å². The molecule has 0 atom stereocenters. The summed E-state index contributed by atoms with van der Waals surface area (Å²) >= 11 is 5.16. The zero-order valence-corrected chi connectivity index (χ0v) is 19.9. The zero-order chi connectivity index (χ0) is 26.9. The molecule has 2 rings (SSSR count). The Morgan fingerprint density at radius 2 is 1.50 bits per heavy atom. The fourth-order valence-electron chi connectivity index (χ4n) is 2.75. The summed E-state index contributed by atoms with van der Waals surface area (Å²) in [5.74, 6) is -4.19.